The maximum absolute atomic E-state index is 5.36. The van der Waals surface area contributed by atoms with E-state index in [2.05, 4.69) is 12.1 Å². The average molecular weight is 244 g/mol. The lowest BCUT2D eigenvalue weighted by molar-refractivity contribution is 0.0871. The Bertz CT molecular complexity index is 567. The van der Waals surface area contributed by atoms with Crippen LogP contribution in [0.4, 0.5) is 0 Å². The van der Waals surface area contributed by atoms with Crippen molar-refractivity contribution in [2.75, 3.05) is 21.3 Å². The van der Waals surface area contributed by atoms with Gasteiger partial charge in [-0.05, 0) is 16.8 Å². The van der Waals surface area contributed by atoms with Crippen LogP contribution in [0.2, 0.25) is 0 Å². The van der Waals surface area contributed by atoms with Gasteiger partial charge in [0.1, 0.15) is 0 Å². The Balaban J connectivity index is 2.55. The molecule has 0 spiro atoms. The number of hydrogen-bond acceptors (Lipinski definition) is 3. The predicted octanol–water partition coefficient (Wildman–Crippen LogP) is 3.41. The van der Waals surface area contributed by atoms with Crippen molar-refractivity contribution < 1.29 is 14.2 Å². The van der Waals surface area contributed by atoms with Crippen molar-refractivity contribution >= 4 is 16.5 Å². The van der Waals surface area contributed by atoms with E-state index in [0.717, 1.165) is 10.9 Å². The number of fused-ring (bicyclic) bond motifs is 1. The lowest BCUT2D eigenvalue weighted by atomic mass is 10.1. The molecule has 0 saturated heterocycles. The summed E-state index contributed by atoms with van der Waals surface area (Å²) in [5.74, 6) is 0.957. The molecule has 0 amide bonds. The van der Waals surface area contributed by atoms with Crippen molar-refractivity contribution in [1.29, 1.82) is 0 Å². The smallest absolute Gasteiger partial charge is 0.323 e. The zero-order valence-corrected chi connectivity index (χ0v) is 10.8. The first-order valence-corrected chi connectivity index (χ1v) is 5.65. The number of methoxy groups -OCH3 is 3. The maximum Gasteiger partial charge on any atom is 0.323 e. The van der Waals surface area contributed by atoms with Crippen LogP contribution >= 0.6 is 0 Å². The summed E-state index contributed by atoms with van der Waals surface area (Å²) in [6.07, 6.45) is 0. The molecule has 0 unspecified atom stereocenters. The molecule has 0 atom stereocenters. The third-order valence-electron chi connectivity index (χ3n) is 2.77. The first kappa shape index (κ1) is 12.3. The van der Waals surface area contributed by atoms with Crippen molar-refractivity contribution in [1.82, 2.24) is 0 Å². The molecule has 0 saturated carbocycles. The van der Waals surface area contributed by atoms with E-state index in [1.165, 1.54) is 5.39 Å². The minimum absolute atomic E-state index is 0.368. The molecule has 2 aromatic rings. The molecule has 3 nitrogen and oxygen atoms in total. The standard InChI is InChI=1S/C15H16O3/c1-16-14(15(17-2)18-3)13-9-8-11-6-4-5-7-12(11)10-13/h4-10H,1-3H3. The van der Waals surface area contributed by atoms with Gasteiger partial charge in [-0.15, -0.1) is 0 Å². The maximum atomic E-state index is 5.36. The Morgan fingerprint density at radius 1 is 0.778 bits per heavy atom. The van der Waals surface area contributed by atoms with Gasteiger partial charge in [0.05, 0.1) is 21.3 Å². The third-order valence-corrected chi connectivity index (χ3v) is 2.77. The van der Waals surface area contributed by atoms with E-state index in [0.29, 0.717) is 11.7 Å². The zero-order chi connectivity index (χ0) is 13.0. The van der Waals surface area contributed by atoms with Crippen LogP contribution in [0.3, 0.4) is 0 Å². The van der Waals surface area contributed by atoms with E-state index in [9.17, 15) is 0 Å². The van der Waals surface area contributed by atoms with E-state index in [1.807, 2.05) is 30.3 Å². The van der Waals surface area contributed by atoms with Crippen molar-refractivity contribution in [3.05, 3.63) is 54.0 Å². The zero-order valence-electron chi connectivity index (χ0n) is 10.8. The summed E-state index contributed by atoms with van der Waals surface area (Å²) in [6.45, 7) is 0. The summed E-state index contributed by atoms with van der Waals surface area (Å²) in [7, 11) is 4.71. The lowest BCUT2D eigenvalue weighted by Gasteiger charge is -2.12. The Morgan fingerprint density at radius 3 is 2.06 bits per heavy atom. The van der Waals surface area contributed by atoms with Crippen LogP contribution in [-0.4, -0.2) is 21.3 Å². The van der Waals surface area contributed by atoms with E-state index >= 15 is 0 Å². The Kier molecular flexibility index (Phi) is 3.72. The van der Waals surface area contributed by atoms with Gasteiger partial charge < -0.3 is 14.2 Å². The monoisotopic (exact) mass is 244 g/mol. The molecule has 0 fully saturated rings. The van der Waals surface area contributed by atoms with E-state index < -0.39 is 0 Å². The highest BCUT2D eigenvalue weighted by Crippen LogP contribution is 2.24. The molecule has 0 aliphatic carbocycles. The van der Waals surface area contributed by atoms with E-state index in [1.54, 1.807) is 21.3 Å². The molecule has 94 valence electrons. The molecule has 0 aliphatic heterocycles. The number of ether oxygens (including phenoxy) is 3. The van der Waals surface area contributed by atoms with Crippen LogP contribution in [0, 0.1) is 0 Å². The molecular formula is C15H16O3. The highest BCUT2D eigenvalue weighted by molar-refractivity contribution is 5.85. The summed E-state index contributed by atoms with van der Waals surface area (Å²) >= 11 is 0. The van der Waals surface area contributed by atoms with Gasteiger partial charge in [-0.1, -0.05) is 36.4 Å². The quantitative estimate of drug-likeness (QED) is 0.771. The minimum atomic E-state index is 0.368. The van der Waals surface area contributed by atoms with Crippen LogP contribution < -0.4 is 0 Å². The van der Waals surface area contributed by atoms with Crippen molar-refractivity contribution in [2.24, 2.45) is 0 Å². The summed E-state index contributed by atoms with van der Waals surface area (Å²) in [6, 6.07) is 14.2. The molecule has 0 bridgehead atoms. The molecule has 0 aliphatic rings. The number of benzene rings is 2. The molecule has 2 rings (SSSR count). The van der Waals surface area contributed by atoms with Crippen LogP contribution in [0.1, 0.15) is 5.56 Å². The molecule has 18 heavy (non-hydrogen) atoms. The van der Waals surface area contributed by atoms with Crippen molar-refractivity contribution in [2.45, 2.75) is 0 Å². The average Bonchev–Trinajstić information content (AvgIpc) is 2.44. The molecule has 2 aromatic carbocycles. The van der Waals surface area contributed by atoms with Gasteiger partial charge in [0.25, 0.3) is 0 Å². The molecule has 0 heterocycles. The highest BCUT2D eigenvalue weighted by atomic mass is 16.7. The Morgan fingerprint density at radius 2 is 1.44 bits per heavy atom. The third kappa shape index (κ3) is 2.25. The second-order valence-electron chi connectivity index (χ2n) is 3.79. The summed E-state index contributed by atoms with van der Waals surface area (Å²) in [4.78, 5) is 0. The first-order chi connectivity index (χ1) is 8.80. The minimum Gasteiger partial charge on any atom is -0.490 e. The van der Waals surface area contributed by atoms with Gasteiger partial charge in [0, 0.05) is 5.56 Å². The molecule has 0 radical (unpaired) electrons. The molecular weight excluding hydrogens is 228 g/mol. The summed E-state index contributed by atoms with van der Waals surface area (Å²) < 4.78 is 15.7. The first-order valence-electron chi connectivity index (χ1n) is 5.65. The Labute approximate surface area is 107 Å². The highest BCUT2D eigenvalue weighted by Gasteiger charge is 2.11. The van der Waals surface area contributed by atoms with Gasteiger partial charge in [-0.2, -0.15) is 0 Å². The normalized spacial score (nSPS) is 9.94. The number of rotatable bonds is 4. The van der Waals surface area contributed by atoms with Gasteiger partial charge >= 0.3 is 5.95 Å². The van der Waals surface area contributed by atoms with Crippen LogP contribution in [0.25, 0.3) is 16.5 Å². The van der Waals surface area contributed by atoms with Crippen LogP contribution in [0.15, 0.2) is 48.4 Å². The topological polar surface area (TPSA) is 27.7 Å². The van der Waals surface area contributed by atoms with E-state index in [-0.39, 0.29) is 0 Å². The van der Waals surface area contributed by atoms with Crippen molar-refractivity contribution in [3.8, 4) is 0 Å². The fourth-order valence-electron chi connectivity index (χ4n) is 1.92. The molecule has 0 aromatic heterocycles. The van der Waals surface area contributed by atoms with Crippen molar-refractivity contribution in [3.63, 3.8) is 0 Å². The fourth-order valence-corrected chi connectivity index (χ4v) is 1.92. The summed E-state index contributed by atoms with van der Waals surface area (Å²) in [5, 5.41) is 2.34. The van der Waals surface area contributed by atoms with Crippen LogP contribution in [0.5, 0.6) is 0 Å². The van der Waals surface area contributed by atoms with Gasteiger partial charge in [-0.25, -0.2) is 0 Å². The molecule has 3 heteroatoms. The second-order valence-corrected chi connectivity index (χ2v) is 3.79. The van der Waals surface area contributed by atoms with Gasteiger partial charge in [0.15, 0.2) is 0 Å². The molecule has 0 N–H and O–H groups in total. The van der Waals surface area contributed by atoms with E-state index in [4.69, 9.17) is 14.2 Å². The largest absolute Gasteiger partial charge is 0.490 e. The Hall–Kier alpha value is -2.16. The summed E-state index contributed by atoms with van der Waals surface area (Å²) in [5.41, 5.74) is 0.926. The predicted molar refractivity (Wildman–Crippen MR) is 71.9 cm³/mol. The number of hydrogen-bond donors (Lipinski definition) is 0. The lowest BCUT2D eigenvalue weighted by Crippen LogP contribution is -1.99. The SMILES string of the molecule is COC(OC)=C(OC)c1ccc2ccccc2c1. The second kappa shape index (κ2) is 5.45. The van der Waals surface area contributed by atoms with Gasteiger partial charge in [-0.3, -0.25) is 0 Å². The van der Waals surface area contributed by atoms with Gasteiger partial charge in [0.2, 0.25) is 5.76 Å². The van der Waals surface area contributed by atoms with Crippen LogP contribution in [-0.2, 0) is 14.2 Å². The fraction of sp³-hybridized carbons (Fsp3) is 0.200.